The Morgan fingerprint density at radius 1 is 1.20 bits per heavy atom. The predicted octanol–water partition coefficient (Wildman–Crippen LogP) is 0.789. The summed E-state index contributed by atoms with van der Waals surface area (Å²) in [6.45, 7) is 3.39. The van der Waals surface area contributed by atoms with E-state index in [0.717, 1.165) is 17.5 Å². The van der Waals surface area contributed by atoms with E-state index in [0.29, 0.717) is 18.1 Å². The van der Waals surface area contributed by atoms with E-state index in [1.165, 1.54) is 4.31 Å². The molecule has 25 heavy (non-hydrogen) atoms. The monoisotopic (exact) mass is 384 g/mol. The first kappa shape index (κ1) is 17.8. The smallest absolute Gasteiger partial charge is 0.347 e. The van der Waals surface area contributed by atoms with Crippen molar-refractivity contribution in [2.24, 2.45) is 4.99 Å². The Kier molecular flexibility index (Phi) is 4.81. The maximum Gasteiger partial charge on any atom is 0.347 e. The second kappa shape index (κ2) is 6.74. The van der Waals surface area contributed by atoms with Crippen molar-refractivity contribution in [2.45, 2.75) is 12.2 Å². The minimum Gasteiger partial charge on any atom is -0.369 e. The number of rotatable bonds is 3. The van der Waals surface area contributed by atoms with Crippen molar-refractivity contribution in [3.63, 3.8) is 0 Å². The zero-order valence-electron chi connectivity index (χ0n) is 13.5. The molecule has 1 fully saturated rings. The van der Waals surface area contributed by atoms with Gasteiger partial charge in [-0.15, -0.1) is 0 Å². The molecule has 1 atom stereocenters. The number of piperazine rings is 1. The lowest BCUT2D eigenvalue weighted by Gasteiger charge is -2.37. The Hall–Kier alpha value is -1.97. The number of imide groups is 1. The van der Waals surface area contributed by atoms with E-state index in [9.17, 15) is 18.0 Å². The van der Waals surface area contributed by atoms with Crippen molar-refractivity contribution < 1.29 is 18.0 Å². The molecule has 1 unspecified atom stereocenters. The average Bonchev–Trinajstić information content (AvgIpc) is 2.57. The number of nitrogens with zero attached hydrogens (tertiary/aromatic N) is 3. The van der Waals surface area contributed by atoms with Gasteiger partial charge in [-0.25, -0.2) is 18.2 Å². The van der Waals surface area contributed by atoms with Crippen molar-refractivity contribution in [2.75, 3.05) is 31.1 Å². The summed E-state index contributed by atoms with van der Waals surface area (Å²) < 4.78 is 26.5. The Labute approximate surface area is 150 Å². The number of hydrogen-bond donors (Lipinski definition) is 1. The van der Waals surface area contributed by atoms with E-state index in [1.807, 2.05) is 30.4 Å². The summed E-state index contributed by atoms with van der Waals surface area (Å²) in [5.41, 5.74) is 2.02. The van der Waals surface area contributed by atoms with Gasteiger partial charge in [0.1, 0.15) is 0 Å². The molecular weight excluding hydrogens is 368 g/mol. The zero-order valence-corrected chi connectivity index (χ0v) is 15.0. The van der Waals surface area contributed by atoms with Gasteiger partial charge in [0, 0.05) is 43.1 Å². The molecule has 134 valence electrons. The normalized spacial score (nSPS) is 22.2. The molecule has 1 aromatic carbocycles. The van der Waals surface area contributed by atoms with Crippen LogP contribution in [0.15, 0.2) is 23.2 Å². The maximum atomic E-state index is 12.6. The summed E-state index contributed by atoms with van der Waals surface area (Å²) in [6, 6.07) is 4.73. The fourth-order valence-corrected chi connectivity index (χ4v) is 4.60. The lowest BCUT2D eigenvalue weighted by molar-refractivity contribution is -0.118. The number of halogens is 1. The first-order valence-corrected chi connectivity index (χ1v) is 9.56. The molecule has 0 radical (unpaired) electrons. The van der Waals surface area contributed by atoms with Gasteiger partial charge in [-0.2, -0.15) is 4.31 Å². The van der Waals surface area contributed by atoms with E-state index in [1.54, 1.807) is 0 Å². The summed E-state index contributed by atoms with van der Waals surface area (Å²) >= 11 is 6.05. The highest BCUT2D eigenvalue weighted by atomic mass is 35.5. The van der Waals surface area contributed by atoms with Crippen LogP contribution in [0.5, 0.6) is 0 Å². The van der Waals surface area contributed by atoms with Gasteiger partial charge in [-0.3, -0.25) is 10.1 Å². The molecule has 1 aromatic rings. The summed E-state index contributed by atoms with van der Waals surface area (Å²) in [5.74, 6) is -0.867. The topological polar surface area (TPSA) is 99.2 Å². The molecule has 0 aromatic heterocycles. The molecule has 0 aliphatic carbocycles. The predicted molar refractivity (Wildman–Crippen MR) is 94.7 cm³/mol. The van der Waals surface area contributed by atoms with Crippen LogP contribution in [0.3, 0.4) is 0 Å². The number of sulfonamides is 1. The lowest BCUT2D eigenvalue weighted by Crippen LogP contribution is -2.56. The van der Waals surface area contributed by atoms with Crippen molar-refractivity contribution in [3.8, 4) is 0 Å². The van der Waals surface area contributed by atoms with Gasteiger partial charge in [0.25, 0.3) is 5.91 Å². The van der Waals surface area contributed by atoms with Crippen LogP contribution in [0, 0.1) is 6.92 Å². The molecule has 3 amide bonds. The molecule has 10 heteroatoms. The Bertz CT molecular complexity index is 847. The summed E-state index contributed by atoms with van der Waals surface area (Å²) in [5, 5.41) is 1.07. The number of hydrogen-bond acceptors (Lipinski definition) is 5. The average molecular weight is 385 g/mol. The van der Waals surface area contributed by atoms with E-state index in [-0.39, 0.29) is 13.1 Å². The lowest BCUT2D eigenvalue weighted by atomic mass is 10.1. The van der Waals surface area contributed by atoms with Crippen LogP contribution in [0.25, 0.3) is 0 Å². The third-order valence-corrected chi connectivity index (χ3v) is 6.54. The molecule has 3 rings (SSSR count). The quantitative estimate of drug-likeness (QED) is 0.830. The summed E-state index contributed by atoms with van der Waals surface area (Å²) in [4.78, 5) is 28.3. The second-order valence-electron chi connectivity index (χ2n) is 5.86. The van der Waals surface area contributed by atoms with Gasteiger partial charge < -0.3 is 4.90 Å². The van der Waals surface area contributed by atoms with E-state index < -0.39 is 27.2 Å². The van der Waals surface area contributed by atoms with E-state index >= 15 is 0 Å². The molecule has 0 bridgehead atoms. The van der Waals surface area contributed by atoms with Gasteiger partial charge in [0.15, 0.2) is 5.25 Å². The summed E-state index contributed by atoms with van der Waals surface area (Å²) in [6.07, 6.45) is 0.893. The number of carbonyl (C=O) groups is 2. The van der Waals surface area contributed by atoms with Crippen molar-refractivity contribution in [1.29, 1.82) is 0 Å². The van der Waals surface area contributed by atoms with Crippen LogP contribution >= 0.6 is 11.6 Å². The molecule has 2 heterocycles. The van der Waals surface area contributed by atoms with Gasteiger partial charge in [0.2, 0.25) is 10.0 Å². The van der Waals surface area contributed by atoms with Gasteiger partial charge in [-0.05, 0) is 24.6 Å². The van der Waals surface area contributed by atoms with Crippen LogP contribution in [-0.2, 0) is 14.8 Å². The minimum absolute atomic E-state index is 0.236. The molecular formula is C15H17ClN4O4S. The molecule has 0 saturated carbocycles. The second-order valence-corrected chi connectivity index (χ2v) is 8.35. The highest BCUT2D eigenvalue weighted by molar-refractivity contribution is 7.91. The van der Waals surface area contributed by atoms with Crippen LogP contribution in [-0.4, -0.2) is 62.3 Å². The fourth-order valence-electron chi connectivity index (χ4n) is 2.89. The molecule has 2 aliphatic heterocycles. The maximum absolute atomic E-state index is 12.6. The first-order valence-electron chi connectivity index (χ1n) is 7.68. The molecule has 2 aliphatic rings. The summed E-state index contributed by atoms with van der Waals surface area (Å²) in [7, 11) is -3.91. The van der Waals surface area contributed by atoms with E-state index in [4.69, 9.17) is 11.6 Å². The number of aliphatic imine (C=N–C) groups is 1. The van der Waals surface area contributed by atoms with Crippen LogP contribution in [0.1, 0.15) is 5.56 Å². The Morgan fingerprint density at radius 3 is 2.52 bits per heavy atom. The number of carbonyl (C=O) groups excluding carboxylic acids is 2. The highest BCUT2D eigenvalue weighted by Gasteiger charge is 2.40. The van der Waals surface area contributed by atoms with Gasteiger partial charge >= 0.3 is 6.03 Å². The number of urea groups is 1. The Morgan fingerprint density at radius 2 is 1.88 bits per heavy atom. The largest absolute Gasteiger partial charge is 0.369 e. The van der Waals surface area contributed by atoms with Gasteiger partial charge in [0.05, 0.1) is 0 Å². The molecule has 1 N–H and O–H groups in total. The SMILES string of the molecule is Cc1ccc(Cl)cc1N1CCN(S(=O)(=O)C2C=NC(=O)NC2=O)CC1. The Balaban J connectivity index is 1.73. The standard InChI is InChI=1S/C15H17ClN4O4S/c1-10-2-3-11(16)8-12(10)19-4-6-20(7-5-19)25(23,24)13-9-17-15(22)18-14(13)21/h2-3,8-9,13H,4-7H2,1H3,(H,18,21,22). The highest BCUT2D eigenvalue weighted by Crippen LogP contribution is 2.26. The number of nitrogens with one attached hydrogen (secondary N) is 1. The number of anilines is 1. The molecule has 0 spiro atoms. The number of benzene rings is 1. The van der Waals surface area contributed by atoms with E-state index in [2.05, 4.69) is 9.89 Å². The van der Waals surface area contributed by atoms with Crippen molar-refractivity contribution >= 4 is 45.5 Å². The molecule has 1 saturated heterocycles. The van der Waals surface area contributed by atoms with Crippen LogP contribution in [0.2, 0.25) is 5.02 Å². The number of amides is 3. The number of aryl methyl sites for hydroxylation is 1. The van der Waals surface area contributed by atoms with Crippen LogP contribution < -0.4 is 10.2 Å². The first-order chi connectivity index (χ1) is 11.8. The van der Waals surface area contributed by atoms with Crippen molar-refractivity contribution in [3.05, 3.63) is 28.8 Å². The fraction of sp³-hybridized carbons (Fsp3) is 0.400. The van der Waals surface area contributed by atoms with Gasteiger partial charge in [-0.1, -0.05) is 17.7 Å². The third kappa shape index (κ3) is 3.53. The van der Waals surface area contributed by atoms with Crippen molar-refractivity contribution in [1.82, 2.24) is 9.62 Å². The van der Waals surface area contributed by atoms with Crippen LogP contribution in [0.4, 0.5) is 10.5 Å². The third-order valence-electron chi connectivity index (χ3n) is 4.25. The zero-order chi connectivity index (χ0) is 18.2. The minimum atomic E-state index is -3.91. The molecule has 8 nitrogen and oxygen atoms in total.